The monoisotopic (exact) mass is 290 g/mol. The second-order valence-electron chi connectivity index (χ2n) is 4.93. The Labute approximate surface area is 128 Å². The van der Waals surface area contributed by atoms with Crippen molar-refractivity contribution in [1.82, 2.24) is 4.90 Å². The van der Waals surface area contributed by atoms with Gasteiger partial charge in [0.25, 0.3) is 0 Å². The second kappa shape index (κ2) is 6.18. The van der Waals surface area contributed by atoms with Crippen LogP contribution in [0.5, 0.6) is 0 Å². The topological polar surface area (TPSA) is 49.7 Å². The Balaban J connectivity index is 1.68. The molecule has 22 heavy (non-hydrogen) atoms. The summed E-state index contributed by atoms with van der Waals surface area (Å²) in [6.45, 7) is 0.247. The van der Waals surface area contributed by atoms with Crippen LogP contribution in [0.15, 0.2) is 83.2 Å². The van der Waals surface area contributed by atoms with Gasteiger partial charge in [-0.15, -0.1) is 0 Å². The first-order valence-corrected chi connectivity index (χ1v) is 6.93. The van der Waals surface area contributed by atoms with Gasteiger partial charge in [0, 0.05) is 17.3 Å². The summed E-state index contributed by atoms with van der Waals surface area (Å²) in [6.07, 6.45) is 11.8. The number of benzene rings is 1. The van der Waals surface area contributed by atoms with E-state index >= 15 is 0 Å². The summed E-state index contributed by atoms with van der Waals surface area (Å²) in [5.74, 6) is 0.0130. The molecule has 0 atom stereocenters. The number of allylic oxidation sites excluding steroid dienone is 6. The zero-order chi connectivity index (χ0) is 15.4. The van der Waals surface area contributed by atoms with E-state index < -0.39 is 0 Å². The Morgan fingerprint density at radius 1 is 1.00 bits per heavy atom. The maximum Gasteiger partial charge on any atom is 0.182 e. The normalized spacial score (nSPS) is 16.5. The first kappa shape index (κ1) is 13.9. The highest BCUT2D eigenvalue weighted by atomic mass is 16.1. The maximum atomic E-state index is 12.1. The molecule has 0 radical (unpaired) electrons. The molecule has 4 heteroatoms. The van der Waals surface area contributed by atoms with Gasteiger partial charge in [0.2, 0.25) is 0 Å². The molecule has 1 aromatic rings. The lowest BCUT2D eigenvalue weighted by Gasteiger charge is -2.18. The summed E-state index contributed by atoms with van der Waals surface area (Å²) in [4.78, 5) is 29.3. The summed E-state index contributed by atoms with van der Waals surface area (Å²) in [5.41, 5.74) is 2.33. The van der Waals surface area contributed by atoms with E-state index in [9.17, 15) is 9.59 Å². The fourth-order valence-corrected chi connectivity index (χ4v) is 2.16. The summed E-state index contributed by atoms with van der Waals surface area (Å²) in [5, 5.41) is 0. The fraction of sp³-hybridized carbons (Fsp3) is 0.0556. The van der Waals surface area contributed by atoms with E-state index in [1.165, 1.54) is 12.2 Å². The number of hydrogen-bond acceptors (Lipinski definition) is 4. The van der Waals surface area contributed by atoms with Gasteiger partial charge in [-0.2, -0.15) is 0 Å². The van der Waals surface area contributed by atoms with Crippen LogP contribution in [-0.2, 0) is 4.79 Å². The molecule has 1 aliphatic heterocycles. The Hall–Kier alpha value is -3.01. The Morgan fingerprint density at radius 3 is 2.36 bits per heavy atom. The molecule has 4 nitrogen and oxygen atoms in total. The zero-order valence-corrected chi connectivity index (χ0v) is 11.8. The SMILES string of the molecule is O=C1C=CC(=C2C=CN(CC(=O)c3ccccc3)C=N2)C=C1. The van der Waals surface area contributed by atoms with Gasteiger partial charge >= 0.3 is 0 Å². The molecule has 0 saturated carbocycles. The van der Waals surface area contributed by atoms with E-state index in [1.807, 2.05) is 30.5 Å². The molecule has 0 unspecified atom stereocenters. The molecule has 0 amide bonds. The van der Waals surface area contributed by atoms with E-state index in [0.29, 0.717) is 5.56 Å². The van der Waals surface area contributed by atoms with Crippen LogP contribution < -0.4 is 0 Å². The third-order valence-corrected chi connectivity index (χ3v) is 3.34. The van der Waals surface area contributed by atoms with E-state index in [1.54, 1.807) is 35.5 Å². The number of rotatable bonds is 3. The first-order chi connectivity index (χ1) is 10.7. The Morgan fingerprint density at radius 2 is 1.73 bits per heavy atom. The van der Waals surface area contributed by atoms with Crippen LogP contribution in [-0.4, -0.2) is 29.3 Å². The highest BCUT2D eigenvalue weighted by Gasteiger charge is 2.11. The Kier molecular flexibility index (Phi) is 3.92. The minimum Gasteiger partial charge on any atom is -0.331 e. The molecule has 0 aromatic heterocycles. The third-order valence-electron chi connectivity index (χ3n) is 3.34. The van der Waals surface area contributed by atoms with Crippen LogP contribution in [0.1, 0.15) is 10.4 Å². The van der Waals surface area contributed by atoms with Gasteiger partial charge in [-0.1, -0.05) is 30.3 Å². The number of carbonyl (C=O) groups is 2. The smallest absolute Gasteiger partial charge is 0.182 e. The lowest BCUT2D eigenvalue weighted by Crippen LogP contribution is -2.25. The van der Waals surface area contributed by atoms with E-state index in [0.717, 1.165) is 11.3 Å². The molecule has 108 valence electrons. The van der Waals surface area contributed by atoms with Crippen molar-refractivity contribution in [1.29, 1.82) is 0 Å². The van der Waals surface area contributed by atoms with Gasteiger partial charge in [0.1, 0.15) is 0 Å². The quantitative estimate of drug-likeness (QED) is 0.804. The number of ketones is 2. The molecule has 0 saturated heterocycles. The predicted molar refractivity (Wildman–Crippen MR) is 85.4 cm³/mol. The average molecular weight is 290 g/mol. The highest BCUT2D eigenvalue weighted by Crippen LogP contribution is 2.17. The fourth-order valence-electron chi connectivity index (χ4n) is 2.16. The van der Waals surface area contributed by atoms with Crippen molar-refractivity contribution in [3.05, 3.63) is 83.7 Å². The van der Waals surface area contributed by atoms with Crippen LogP contribution in [0.25, 0.3) is 0 Å². The molecule has 1 aromatic carbocycles. The number of carbonyl (C=O) groups excluding carboxylic acids is 2. The van der Waals surface area contributed by atoms with Gasteiger partial charge in [0.15, 0.2) is 11.6 Å². The van der Waals surface area contributed by atoms with Crippen LogP contribution in [0.2, 0.25) is 0 Å². The molecule has 0 bridgehead atoms. The van der Waals surface area contributed by atoms with E-state index in [2.05, 4.69) is 4.99 Å². The minimum atomic E-state index is -0.0248. The average Bonchev–Trinajstić information content (AvgIpc) is 2.57. The van der Waals surface area contributed by atoms with E-state index in [-0.39, 0.29) is 18.1 Å². The molecular formula is C18H14N2O2. The number of aliphatic imine (C=N–C) groups is 1. The molecule has 1 aliphatic carbocycles. The standard InChI is InChI=1S/C18H14N2O2/c21-16-8-6-14(7-9-16)17-10-11-20(13-19-17)12-18(22)15-4-2-1-3-5-15/h1-11,13H,12H2. The molecule has 0 N–H and O–H groups in total. The predicted octanol–water partition coefficient (Wildman–Crippen LogP) is 2.68. The molecule has 1 heterocycles. The summed E-state index contributed by atoms with van der Waals surface area (Å²) >= 11 is 0. The molecule has 0 spiro atoms. The van der Waals surface area contributed by atoms with Crippen LogP contribution in [0.3, 0.4) is 0 Å². The van der Waals surface area contributed by atoms with Crippen molar-refractivity contribution >= 4 is 17.9 Å². The summed E-state index contributed by atoms with van der Waals surface area (Å²) in [6, 6.07) is 9.18. The van der Waals surface area contributed by atoms with Crippen molar-refractivity contribution in [3.8, 4) is 0 Å². The van der Waals surface area contributed by atoms with Crippen molar-refractivity contribution in [2.75, 3.05) is 6.54 Å². The largest absolute Gasteiger partial charge is 0.331 e. The summed E-state index contributed by atoms with van der Waals surface area (Å²) in [7, 11) is 0. The molecule has 2 aliphatic rings. The molecule has 0 fully saturated rings. The van der Waals surface area contributed by atoms with Gasteiger partial charge in [-0.25, -0.2) is 4.99 Å². The van der Waals surface area contributed by atoms with Crippen LogP contribution in [0, 0.1) is 0 Å². The van der Waals surface area contributed by atoms with Crippen LogP contribution in [0.4, 0.5) is 0 Å². The van der Waals surface area contributed by atoms with Gasteiger partial charge in [0.05, 0.1) is 18.6 Å². The first-order valence-electron chi connectivity index (χ1n) is 6.93. The second-order valence-corrected chi connectivity index (χ2v) is 4.93. The molecule has 3 rings (SSSR count). The van der Waals surface area contributed by atoms with Crippen molar-refractivity contribution in [3.63, 3.8) is 0 Å². The van der Waals surface area contributed by atoms with Crippen molar-refractivity contribution < 1.29 is 9.59 Å². The lowest BCUT2D eigenvalue weighted by molar-refractivity contribution is -0.110. The van der Waals surface area contributed by atoms with Gasteiger partial charge in [-0.05, 0) is 30.4 Å². The highest BCUT2D eigenvalue weighted by molar-refractivity contribution is 6.01. The summed E-state index contributed by atoms with van der Waals surface area (Å²) < 4.78 is 0. The minimum absolute atomic E-state index is 0.0248. The van der Waals surface area contributed by atoms with Gasteiger partial charge < -0.3 is 4.90 Å². The number of hydrogen-bond donors (Lipinski definition) is 0. The Bertz CT molecular complexity index is 719. The van der Waals surface area contributed by atoms with Crippen LogP contribution >= 0.6 is 0 Å². The molecular weight excluding hydrogens is 276 g/mol. The van der Waals surface area contributed by atoms with Crippen molar-refractivity contribution in [2.45, 2.75) is 0 Å². The van der Waals surface area contributed by atoms with Crippen molar-refractivity contribution in [2.24, 2.45) is 4.99 Å². The number of nitrogens with zero attached hydrogens (tertiary/aromatic N) is 2. The third kappa shape index (κ3) is 3.17. The lowest BCUT2D eigenvalue weighted by atomic mass is 10.1. The maximum absolute atomic E-state index is 12.1. The number of Topliss-reactive ketones (excluding diaryl/α,β-unsaturated/α-hetero) is 1. The zero-order valence-electron chi connectivity index (χ0n) is 11.8. The van der Waals surface area contributed by atoms with Gasteiger partial charge in [-0.3, -0.25) is 9.59 Å². The van der Waals surface area contributed by atoms with E-state index in [4.69, 9.17) is 0 Å².